The summed E-state index contributed by atoms with van der Waals surface area (Å²) in [5.74, 6) is 2.29. The fourth-order valence-electron chi connectivity index (χ4n) is 3.30. The molecule has 0 aliphatic heterocycles. The summed E-state index contributed by atoms with van der Waals surface area (Å²) < 4.78 is 0. The third-order valence-corrected chi connectivity index (χ3v) is 4.70. The van der Waals surface area contributed by atoms with E-state index in [1.807, 2.05) is 25.0 Å². The summed E-state index contributed by atoms with van der Waals surface area (Å²) in [5.41, 5.74) is 6.75. The second-order valence-corrected chi connectivity index (χ2v) is 6.81. The van der Waals surface area contributed by atoms with Crippen LogP contribution in [0.3, 0.4) is 0 Å². The van der Waals surface area contributed by atoms with Crippen molar-refractivity contribution in [1.29, 1.82) is 5.26 Å². The average Bonchev–Trinajstić information content (AvgIpc) is 2.96. The van der Waals surface area contributed by atoms with Gasteiger partial charge in [0.1, 0.15) is 0 Å². The first kappa shape index (κ1) is 17.8. The minimum atomic E-state index is -0.0304. The minimum absolute atomic E-state index is 0.0231. The Morgan fingerprint density at radius 1 is 1.27 bits per heavy atom. The maximum absolute atomic E-state index is 11.1. The topological polar surface area (TPSA) is 68.7 Å². The number of hydrogen-bond donors (Lipinski definition) is 2. The van der Waals surface area contributed by atoms with E-state index in [9.17, 15) is 4.79 Å². The third kappa shape index (κ3) is 3.65. The van der Waals surface area contributed by atoms with Crippen LogP contribution in [0.1, 0.15) is 23.6 Å². The van der Waals surface area contributed by atoms with E-state index in [4.69, 9.17) is 5.26 Å². The second kappa shape index (κ2) is 7.49. The zero-order valence-electron chi connectivity index (χ0n) is 15.4. The quantitative estimate of drug-likeness (QED) is 0.686. The lowest BCUT2D eigenvalue weighted by atomic mass is 9.50. The van der Waals surface area contributed by atoms with E-state index >= 15 is 0 Å². The predicted octanol–water partition coefficient (Wildman–Crippen LogP) is 4.05. The summed E-state index contributed by atoms with van der Waals surface area (Å²) in [7, 11) is 0. The number of aromatic amines is 1. The fraction of sp³-hybridized carbons (Fsp3) is 0.238. The van der Waals surface area contributed by atoms with Gasteiger partial charge in [-0.05, 0) is 42.1 Å². The van der Waals surface area contributed by atoms with Gasteiger partial charge in [0.2, 0.25) is 5.91 Å². The van der Waals surface area contributed by atoms with Gasteiger partial charge in [0.15, 0.2) is 0 Å². The molecule has 130 valence electrons. The predicted molar refractivity (Wildman–Crippen MR) is 107 cm³/mol. The molecule has 4 nitrogen and oxygen atoms in total. The molecule has 0 aliphatic carbocycles. The Bertz CT molecular complexity index is 1000. The highest BCUT2D eigenvalue weighted by atomic mass is 16.1. The van der Waals surface area contributed by atoms with Crippen molar-refractivity contribution in [2.45, 2.75) is 33.5 Å². The Morgan fingerprint density at radius 2 is 2.04 bits per heavy atom. The SMILES string of the molecule is CB(C#N)Cc1ccccc1-c1[nH]c2ccc(CNC(C)=O)cc2c1C. The number of H-pyrrole nitrogens is 1. The molecule has 0 fully saturated rings. The molecule has 3 aromatic rings. The molecule has 1 aromatic heterocycles. The Balaban J connectivity index is 2.03. The Morgan fingerprint density at radius 3 is 2.77 bits per heavy atom. The molecule has 0 atom stereocenters. The molecular formula is C21H22BN3O. The third-order valence-electron chi connectivity index (χ3n) is 4.70. The number of carbonyl (C=O) groups excluding carboxylic acids is 1. The monoisotopic (exact) mass is 343 g/mol. The van der Waals surface area contributed by atoms with Gasteiger partial charge in [0, 0.05) is 41.6 Å². The van der Waals surface area contributed by atoms with Gasteiger partial charge >= 0.3 is 0 Å². The van der Waals surface area contributed by atoms with E-state index in [0.29, 0.717) is 6.54 Å². The van der Waals surface area contributed by atoms with E-state index in [-0.39, 0.29) is 12.6 Å². The molecule has 0 spiro atoms. The highest BCUT2D eigenvalue weighted by molar-refractivity contribution is 6.65. The fourth-order valence-corrected chi connectivity index (χ4v) is 3.30. The van der Waals surface area contributed by atoms with Gasteiger partial charge in [-0.1, -0.05) is 37.2 Å². The Hall–Kier alpha value is -3.00. The smallest absolute Gasteiger partial charge is 0.269 e. The molecule has 1 amide bonds. The molecule has 2 aromatic carbocycles. The lowest BCUT2D eigenvalue weighted by molar-refractivity contribution is -0.119. The number of nitrogens with one attached hydrogen (secondary N) is 2. The first-order chi connectivity index (χ1) is 12.5. The van der Waals surface area contributed by atoms with Gasteiger partial charge in [0.05, 0.1) is 0 Å². The summed E-state index contributed by atoms with van der Waals surface area (Å²) in [6.45, 7) is 6.09. The van der Waals surface area contributed by atoms with E-state index in [2.05, 4.69) is 47.5 Å². The van der Waals surface area contributed by atoms with Crippen LogP contribution in [0.5, 0.6) is 0 Å². The standard InChI is InChI=1S/C21H22BN3O/c1-14-19-10-16(12-24-15(2)26)8-9-20(19)25-21(14)18-7-5-4-6-17(18)11-22(3)13-23/h4-10,25H,11-12H2,1-3H3,(H,24,26). The average molecular weight is 343 g/mol. The normalized spacial score (nSPS) is 10.5. The van der Waals surface area contributed by atoms with Crippen LogP contribution in [0.25, 0.3) is 22.2 Å². The van der Waals surface area contributed by atoms with Crippen LogP contribution in [-0.2, 0) is 17.7 Å². The van der Waals surface area contributed by atoms with Gasteiger partial charge in [-0.15, -0.1) is 0 Å². The molecular weight excluding hydrogens is 321 g/mol. The molecule has 0 radical (unpaired) electrons. The summed E-state index contributed by atoms with van der Waals surface area (Å²) in [6, 6.07) is 14.5. The molecule has 0 aliphatic rings. The number of carbonyl (C=O) groups is 1. The largest absolute Gasteiger partial charge is 0.354 e. The molecule has 0 saturated heterocycles. The van der Waals surface area contributed by atoms with Crippen LogP contribution >= 0.6 is 0 Å². The summed E-state index contributed by atoms with van der Waals surface area (Å²) in [4.78, 5) is 14.7. The maximum Gasteiger partial charge on any atom is 0.269 e. The molecule has 3 rings (SSSR count). The van der Waals surface area contributed by atoms with Gasteiger partial charge in [-0.25, -0.2) is 5.26 Å². The Kier molecular flexibility index (Phi) is 5.13. The zero-order valence-corrected chi connectivity index (χ0v) is 15.4. The number of aromatic nitrogens is 1. The van der Waals surface area contributed by atoms with Crippen molar-refractivity contribution in [2.24, 2.45) is 0 Å². The Labute approximate surface area is 154 Å². The summed E-state index contributed by atoms with van der Waals surface area (Å²) in [6.07, 6.45) is 0.731. The first-order valence-electron chi connectivity index (χ1n) is 8.83. The second-order valence-electron chi connectivity index (χ2n) is 6.81. The number of hydrogen-bond acceptors (Lipinski definition) is 2. The van der Waals surface area contributed by atoms with E-state index in [1.54, 1.807) is 0 Å². The minimum Gasteiger partial charge on any atom is -0.354 e. The number of amides is 1. The molecule has 0 bridgehead atoms. The van der Waals surface area contributed by atoms with Crippen LogP contribution in [0.15, 0.2) is 42.5 Å². The van der Waals surface area contributed by atoms with Crippen LogP contribution < -0.4 is 5.32 Å². The van der Waals surface area contributed by atoms with Crippen molar-refractivity contribution in [3.8, 4) is 17.2 Å². The van der Waals surface area contributed by atoms with Crippen LogP contribution in [0.4, 0.5) is 0 Å². The van der Waals surface area contributed by atoms with Gasteiger partial charge in [-0.2, -0.15) is 0 Å². The van der Waals surface area contributed by atoms with Gasteiger partial charge < -0.3 is 10.3 Å². The van der Waals surface area contributed by atoms with Gasteiger partial charge in [0.25, 0.3) is 6.71 Å². The molecule has 0 unspecified atom stereocenters. The molecule has 5 heteroatoms. The van der Waals surface area contributed by atoms with Crippen molar-refractivity contribution in [2.75, 3.05) is 0 Å². The van der Waals surface area contributed by atoms with Crippen molar-refractivity contribution in [3.05, 3.63) is 59.2 Å². The number of rotatable bonds is 5. The lowest BCUT2D eigenvalue weighted by Gasteiger charge is -2.09. The van der Waals surface area contributed by atoms with Crippen molar-refractivity contribution < 1.29 is 4.79 Å². The highest BCUT2D eigenvalue weighted by Gasteiger charge is 2.16. The number of fused-ring (bicyclic) bond motifs is 1. The lowest BCUT2D eigenvalue weighted by Crippen LogP contribution is -2.18. The van der Waals surface area contributed by atoms with Crippen LogP contribution in [-0.4, -0.2) is 17.6 Å². The maximum atomic E-state index is 11.1. The molecule has 0 saturated carbocycles. The van der Waals surface area contributed by atoms with E-state index in [0.717, 1.165) is 34.0 Å². The van der Waals surface area contributed by atoms with Gasteiger partial charge in [-0.3, -0.25) is 4.79 Å². The summed E-state index contributed by atoms with van der Waals surface area (Å²) in [5, 5.41) is 13.2. The van der Waals surface area contributed by atoms with Crippen molar-refractivity contribution in [3.63, 3.8) is 0 Å². The zero-order chi connectivity index (χ0) is 18.7. The molecule has 26 heavy (non-hydrogen) atoms. The van der Waals surface area contributed by atoms with Crippen molar-refractivity contribution >= 4 is 23.5 Å². The molecule has 2 N–H and O–H groups in total. The number of benzene rings is 2. The highest BCUT2D eigenvalue weighted by Crippen LogP contribution is 2.32. The summed E-state index contributed by atoms with van der Waals surface area (Å²) >= 11 is 0. The van der Waals surface area contributed by atoms with E-state index in [1.165, 1.54) is 18.1 Å². The first-order valence-corrected chi connectivity index (χ1v) is 8.83. The van der Waals surface area contributed by atoms with Crippen molar-refractivity contribution in [1.82, 2.24) is 10.3 Å². The van der Waals surface area contributed by atoms with E-state index < -0.39 is 0 Å². The number of nitriles is 1. The molecule has 1 heterocycles. The van der Waals surface area contributed by atoms with Crippen LogP contribution in [0, 0.1) is 18.2 Å². The number of aryl methyl sites for hydroxylation is 1. The van der Waals surface area contributed by atoms with Crippen LogP contribution in [0.2, 0.25) is 6.82 Å². The number of nitrogens with zero attached hydrogens (tertiary/aromatic N) is 1.